The van der Waals surface area contributed by atoms with E-state index in [-0.39, 0.29) is 18.6 Å². The van der Waals surface area contributed by atoms with Crippen molar-refractivity contribution in [1.29, 1.82) is 0 Å². The number of hydrogen-bond acceptors (Lipinski definition) is 5. The van der Waals surface area contributed by atoms with Gasteiger partial charge < -0.3 is 24.4 Å². The average Bonchev–Trinajstić information content (AvgIpc) is 2.65. The molecule has 2 amide bonds. The number of ether oxygens (including phenoxy) is 3. The highest BCUT2D eigenvalue weighted by molar-refractivity contribution is 5.80. The van der Waals surface area contributed by atoms with Crippen molar-refractivity contribution in [3.8, 4) is 0 Å². The van der Waals surface area contributed by atoms with Crippen LogP contribution in [0.2, 0.25) is 0 Å². The lowest BCUT2D eigenvalue weighted by atomic mass is 10.0. The van der Waals surface area contributed by atoms with Crippen LogP contribution in [0.5, 0.6) is 0 Å². The van der Waals surface area contributed by atoms with E-state index in [0.717, 1.165) is 5.56 Å². The summed E-state index contributed by atoms with van der Waals surface area (Å²) >= 11 is 0. The topological polar surface area (TPSA) is 77.1 Å². The zero-order chi connectivity index (χ0) is 18.1. The minimum absolute atomic E-state index is 0.0536. The number of amides is 2. The lowest BCUT2D eigenvalue weighted by Crippen LogP contribution is -2.48. The number of nitrogens with one attached hydrogen (secondary N) is 1. The molecule has 1 heterocycles. The normalized spacial score (nSPS) is 19.9. The van der Waals surface area contributed by atoms with Crippen molar-refractivity contribution in [2.75, 3.05) is 33.9 Å². The lowest BCUT2D eigenvalue weighted by Gasteiger charge is -2.31. The van der Waals surface area contributed by atoms with Crippen LogP contribution in [0.25, 0.3) is 0 Å². The third kappa shape index (κ3) is 6.36. The highest BCUT2D eigenvalue weighted by Gasteiger charge is 2.29. The van der Waals surface area contributed by atoms with Crippen molar-refractivity contribution in [2.45, 2.75) is 31.6 Å². The minimum Gasteiger partial charge on any atom is -0.445 e. The Bertz CT molecular complexity index is 544. The Hall–Kier alpha value is -2.12. The molecule has 25 heavy (non-hydrogen) atoms. The van der Waals surface area contributed by atoms with Crippen LogP contribution in [0.3, 0.4) is 0 Å². The Kier molecular flexibility index (Phi) is 7.69. The molecule has 1 aromatic rings. The molecule has 0 saturated carbocycles. The summed E-state index contributed by atoms with van der Waals surface area (Å²) in [6, 6.07) is 9.35. The van der Waals surface area contributed by atoms with E-state index in [1.54, 1.807) is 19.1 Å². The summed E-state index contributed by atoms with van der Waals surface area (Å²) in [5.74, 6) is -0.0536. The zero-order valence-corrected chi connectivity index (χ0v) is 14.8. The molecule has 1 saturated heterocycles. The summed E-state index contributed by atoms with van der Waals surface area (Å²) in [6.45, 7) is 1.55. The van der Waals surface area contributed by atoms with E-state index in [1.807, 2.05) is 30.3 Å². The van der Waals surface area contributed by atoms with Crippen LogP contribution < -0.4 is 5.32 Å². The molecular formula is C18H26N2O5. The first-order chi connectivity index (χ1) is 12.1. The fraction of sp³-hybridized carbons (Fsp3) is 0.556. The van der Waals surface area contributed by atoms with Crippen molar-refractivity contribution in [3.63, 3.8) is 0 Å². The van der Waals surface area contributed by atoms with E-state index in [1.165, 1.54) is 0 Å². The molecule has 1 aromatic carbocycles. The predicted molar refractivity (Wildman–Crippen MR) is 92.0 cm³/mol. The number of benzene rings is 1. The number of methoxy groups -OCH3 is 1. The number of carbonyl (C=O) groups excluding carboxylic acids is 2. The van der Waals surface area contributed by atoms with E-state index < -0.39 is 12.2 Å². The molecule has 138 valence electrons. The van der Waals surface area contributed by atoms with Gasteiger partial charge >= 0.3 is 6.09 Å². The van der Waals surface area contributed by atoms with Crippen LogP contribution in [0.15, 0.2) is 30.3 Å². The van der Waals surface area contributed by atoms with Gasteiger partial charge in [-0.25, -0.2) is 4.79 Å². The number of rotatable bonds is 7. The fourth-order valence-electron chi connectivity index (χ4n) is 2.58. The van der Waals surface area contributed by atoms with Gasteiger partial charge in [-0.2, -0.15) is 0 Å². The molecule has 1 fully saturated rings. The van der Waals surface area contributed by atoms with Gasteiger partial charge in [-0.15, -0.1) is 0 Å². The summed E-state index contributed by atoms with van der Waals surface area (Å²) < 4.78 is 15.8. The fourth-order valence-corrected chi connectivity index (χ4v) is 2.58. The molecule has 2 rings (SSSR count). The number of nitrogens with zero attached hydrogens (tertiary/aromatic N) is 1. The number of likely N-dealkylation sites (N-methyl/N-ethyl adjacent to an activating group) is 1. The second-order valence-electron chi connectivity index (χ2n) is 6.05. The molecule has 0 bridgehead atoms. The molecule has 1 aliphatic rings. The Morgan fingerprint density at radius 2 is 2.04 bits per heavy atom. The Morgan fingerprint density at radius 1 is 1.28 bits per heavy atom. The maximum Gasteiger partial charge on any atom is 0.407 e. The average molecular weight is 350 g/mol. The van der Waals surface area contributed by atoms with Crippen molar-refractivity contribution < 1.29 is 23.8 Å². The van der Waals surface area contributed by atoms with E-state index in [0.29, 0.717) is 32.6 Å². The maximum absolute atomic E-state index is 12.2. The van der Waals surface area contributed by atoms with Gasteiger partial charge in [0, 0.05) is 20.7 Å². The summed E-state index contributed by atoms with van der Waals surface area (Å²) in [7, 11) is 3.33. The predicted octanol–water partition coefficient (Wildman–Crippen LogP) is 1.57. The molecule has 7 heteroatoms. The van der Waals surface area contributed by atoms with Gasteiger partial charge in [0.25, 0.3) is 5.91 Å². The molecular weight excluding hydrogens is 324 g/mol. The van der Waals surface area contributed by atoms with E-state index in [2.05, 4.69) is 5.32 Å². The van der Waals surface area contributed by atoms with Crippen molar-refractivity contribution in [2.24, 2.45) is 0 Å². The van der Waals surface area contributed by atoms with Gasteiger partial charge in [0.2, 0.25) is 0 Å². The number of carbonyl (C=O) groups is 2. The summed E-state index contributed by atoms with van der Waals surface area (Å²) in [6.07, 6.45) is 0.314. The van der Waals surface area contributed by atoms with E-state index in [9.17, 15) is 9.59 Å². The second-order valence-corrected chi connectivity index (χ2v) is 6.05. The van der Waals surface area contributed by atoms with Crippen LogP contribution in [-0.2, 0) is 25.6 Å². The van der Waals surface area contributed by atoms with Crippen molar-refractivity contribution >= 4 is 12.0 Å². The first-order valence-electron chi connectivity index (χ1n) is 8.43. The molecule has 0 aromatic heterocycles. The lowest BCUT2D eigenvalue weighted by molar-refractivity contribution is -0.146. The Labute approximate surface area is 148 Å². The maximum atomic E-state index is 12.2. The SMILES string of the molecule is COCCN(C)C(=O)C1CC[C@@H](NC(=O)OCc2ccccc2)CO1. The monoisotopic (exact) mass is 350 g/mol. The highest BCUT2D eigenvalue weighted by atomic mass is 16.5. The van der Waals surface area contributed by atoms with Crippen LogP contribution in [0.1, 0.15) is 18.4 Å². The molecule has 0 spiro atoms. The summed E-state index contributed by atoms with van der Waals surface area (Å²) in [5, 5.41) is 2.78. The van der Waals surface area contributed by atoms with Crippen LogP contribution >= 0.6 is 0 Å². The van der Waals surface area contributed by atoms with E-state index >= 15 is 0 Å². The van der Waals surface area contributed by atoms with Gasteiger partial charge in [0.05, 0.1) is 19.3 Å². The van der Waals surface area contributed by atoms with Crippen LogP contribution in [0, 0.1) is 0 Å². The molecule has 1 unspecified atom stereocenters. The Morgan fingerprint density at radius 3 is 2.68 bits per heavy atom. The Balaban J connectivity index is 1.67. The van der Waals surface area contributed by atoms with Gasteiger partial charge in [-0.05, 0) is 18.4 Å². The minimum atomic E-state index is -0.473. The molecule has 0 aliphatic carbocycles. The van der Waals surface area contributed by atoms with Gasteiger partial charge in [-0.1, -0.05) is 30.3 Å². The third-order valence-corrected chi connectivity index (χ3v) is 4.09. The molecule has 1 aliphatic heterocycles. The summed E-state index contributed by atoms with van der Waals surface area (Å²) in [5.41, 5.74) is 0.933. The zero-order valence-electron chi connectivity index (χ0n) is 14.8. The third-order valence-electron chi connectivity index (χ3n) is 4.09. The molecule has 7 nitrogen and oxygen atoms in total. The standard InChI is InChI=1S/C18H26N2O5/c1-20(10-11-23-2)17(21)16-9-8-15(13-24-16)19-18(22)25-12-14-6-4-3-5-7-14/h3-7,15-16H,8-13H2,1-2H3,(H,19,22)/t15-,16?/m1/s1. The van der Waals surface area contributed by atoms with Gasteiger partial charge in [-0.3, -0.25) is 4.79 Å². The second kappa shape index (κ2) is 10.0. The first-order valence-corrected chi connectivity index (χ1v) is 8.43. The number of alkyl carbamates (subject to hydrolysis) is 1. The van der Waals surface area contributed by atoms with Crippen molar-refractivity contribution in [3.05, 3.63) is 35.9 Å². The molecule has 1 N–H and O–H groups in total. The van der Waals surface area contributed by atoms with E-state index in [4.69, 9.17) is 14.2 Å². The van der Waals surface area contributed by atoms with Crippen molar-refractivity contribution in [1.82, 2.24) is 10.2 Å². The van der Waals surface area contributed by atoms with Gasteiger partial charge in [0.15, 0.2) is 0 Å². The first kappa shape index (κ1) is 19.2. The quantitative estimate of drug-likeness (QED) is 0.808. The largest absolute Gasteiger partial charge is 0.445 e. The van der Waals surface area contributed by atoms with Crippen LogP contribution in [0.4, 0.5) is 4.79 Å². The van der Waals surface area contributed by atoms with Crippen LogP contribution in [-0.4, -0.2) is 63.0 Å². The van der Waals surface area contributed by atoms with Gasteiger partial charge in [0.1, 0.15) is 12.7 Å². The smallest absolute Gasteiger partial charge is 0.407 e. The molecule has 2 atom stereocenters. The number of hydrogen-bond donors (Lipinski definition) is 1. The molecule has 0 radical (unpaired) electrons. The summed E-state index contributed by atoms with van der Waals surface area (Å²) in [4.78, 5) is 25.7. The highest BCUT2D eigenvalue weighted by Crippen LogP contribution is 2.16.